The molecule has 2 aromatic heterocycles. The highest BCUT2D eigenvalue weighted by molar-refractivity contribution is 6.30. The summed E-state index contributed by atoms with van der Waals surface area (Å²) >= 11 is 5.90. The van der Waals surface area contributed by atoms with Crippen molar-refractivity contribution in [2.24, 2.45) is 0 Å². The molecule has 104 valence electrons. The normalized spacial score (nSPS) is 10.3. The summed E-state index contributed by atoms with van der Waals surface area (Å²) in [6.07, 6.45) is 5.31. The van der Waals surface area contributed by atoms with Gasteiger partial charge in [-0.2, -0.15) is 0 Å². The molecule has 0 atom stereocenters. The average molecular weight is 297 g/mol. The topological polar surface area (TPSA) is 50.7 Å². The van der Waals surface area contributed by atoms with E-state index >= 15 is 0 Å². The van der Waals surface area contributed by atoms with Gasteiger partial charge in [0.1, 0.15) is 0 Å². The fourth-order valence-electron chi connectivity index (χ4n) is 1.91. The zero-order valence-corrected chi connectivity index (χ0v) is 12.0. The highest BCUT2D eigenvalue weighted by Crippen LogP contribution is 2.20. The maximum atomic E-state index is 5.90. The van der Waals surface area contributed by atoms with Crippen molar-refractivity contribution in [2.75, 3.05) is 5.32 Å². The van der Waals surface area contributed by atoms with Crippen LogP contribution in [0, 0.1) is 0 Å². The van der Waals surface area contributed by atoms with Crippen LogP contribution < -0.4 is 5.32 Å². The number of nitrogens with one attached hydrogen (secondary N) is 1. The number of pyridine rings is 1. The number of hydrogen-bond acceptors (Lipinski definition) is 4. The summed E-state index contributed by atoms with van der Waals surface area (Å²) in [4.78, 5) is 12.8. The van der Waals surface area contributed by atoms with E-state index < -0.39 is 0 Å². The maximum Gasteiger partial charge on any atom is 0.223 e. The van der Waals surface area contributed by atoms with Crippen LogP contribution in [0.1, 0.15) is 5.56 Å². The Labute approximate surface area is 127 Å². The molecule has 3 aromatic rings. The maximum absolute atomic E-state index is 5.90. The van der Waals surface area contributed by atoms with Gasteiger partial charge in [-0.25, -0.2) is 9.97 Å². The van der Waals surface area contributed by atoms with Crippen LogP contribution in [0.4, 0.5) is 5.95 Å². The van der Waals surface area contributed by atoms with E-state index in [4.69, 9.17) is 11.6 Å². The molecule has 0 amide bonds. The minimum absolute atomic E-state index is 0.589. The van der Waals surface area contributed by atoms with Crippen molar-refractivity contribution in [1.82, 2.24) is 15.0 Å². The van der Waals surface area contributed by atoms with E-state index in [-0.39, 0.29) is 0 Å². The second kappa shape index (κ2) is 6.33. The molecule has 3 rings (SSSR count). The molecule has 0 saturated heterocycles. The smallest absolute Gasteiger partial charge is 0.223 e. The van der Waals surface area contributed by atoms with E-state index in [9.17, 15) is 0 Å². The van der Waals surface area contributed by atoms with Crippen LogP contribution in [-0.2, 0) is 6.54 Å². The van der Waals surface area contributed by atoms with Crippen molar-refractivity contribution in [3.8, 4) is 11.3 Å². The fraction of sp³-hybridized carbons (Fsp3) is 0.0625. The molecule has 2 heterocycles. The third-order valence-corrected chi connectivity index (χ3v) is 3.22. The van der Waals surface area contributed by atoms with Crippen LogP contribution in [0.3, 0.4) is 0 Å². The van der Waals surface area contributed by atoms with Crippen LogP contribution in [0.25, 0.3) is 11.3 Å². The Kier molecular flexibility index (Phi) is 4.07. The van der Waals surface area contributed by atoms with E-state index in [1.807, 2.05) is 48.7 Å². The van der Waals surface area contributed by atoms with Crippen LogP contribution in [0.2, 0.25) is 5.02 Å². The molecule has 21 heavy (non-hydrogen) atoms. The van der Waals surface area contributed by atoms with Crippen molar-refractivity contribution in [3.05, 3.63) is 71.6 Å². The summed E-state index contributed by atoms with van der Waals surface area (Å²) in [5.41, 5.74) is 2.94. The highest BCUT2D eigenvalue weighted by Gasteiger charge is 2.02. The Bertz CT molecular complexity index is 714. The Morgan fingerprint density at radius 1 is 1.00 bits per heavy atom. The number of aromatic nitrogens is 3. The first-order valence-electron chi connectivity index (χ1n) is 6.53. The van der Waals surface area contributed by atoms with Crippen LogP contribution in [0.15, 0.2) is 61.1 Å². The molecule has 0 spiro atoms. The number of hydrogen-bond donors (Lipinski definition) is 1. The number of halogens is 1. The zero-order valence-electron chi connectivity index (χ0n) is 11.2. The summed E-state index contributed by atoms with van der Waals surface area (Å²) in [6, 6.07) is 13.4. The van der Waals surface area contributed by atoms with E-state index in [0.29, 0.717) is 17.5 Å². The first kappa shape index (κ1) is 13.5. The van der Waals surface area contributed by atoms with Gasteiger partial charge in [0.15, 0.2) is 0 Å². The zero-order chi connectivity index (χ0) is 14.5. The van der Waals surface area contributed by atoms with Gasteiger partial charge in [-0.15, -0.1) is 0 Å². The molecule has 0 saturated carbocycles. The lowest BCUT2D eigenvalue weighted by molar-refractivity contribution is 1.04. The van der Waals surface area contributed by atoms with Crippen molar-refractivity contribution in [1.29, 1.82) is 0 Å². The van der Waals surface area contributed by atoms with Gasteiger partial charge in [0.25, 0.3) is 0 Å². The van der Waals surface area contributed by atoms with E-state index in [2.05, 4.69) is 20.3 Å². The molecule has 0 fully saturated rings. The van der Waals surface area contributed by atoms with E-state index in [0.717, 1.165) is 16.8 Å². The summed E-state index contributed by atoms with van der Waals surface area (Å²) < 4.78 is 0. The highest BCUT2D eigenvalue weighted by atomic mass is 35.5. The summed E-state index contributed by atoms with van der Waals surface area (Å²) in [5, 5.41) is 3.91. The molecule has 0 aliphatic carbocycles. The van der Waals surface area contributed by atoms with Crippen LogP contribution in [0.5, 0.6) is 0 Å². The average Bonchev–Trinajstić information content (AvgIpc) is 2.55. The molecule has 0 radical (unpaired) electrons. The van der Waals surface area contributed by atoms with Crippen LogP contribution >= 0.6 is 11.6 Å². The molecule has 0 aliphatic heterocycles. The van der Waals surface area contributed by atoms with Gasteiger partial charge in [-0.05, 0) is 29.8 Å². The lowest BCUT2D eigenvalue weighted by atomic mass is 10.1. The molecule has 1 N–H and O–H groups in total. The second-order valence-corrected chi connectivity index (χ2v) is 4.92. The molecule has 1 aromatic carbocycles. The number of benzene rings is 1. The Morgan fingerprint density at radius 2 is 1.86 bits per heavy atom. The van der Waals surface area contributed by atoms with Crippen molar-refractivity contribution >= 4 is 17.5 Å². The van der Waals surface area contributed by atoms with E-state index in [1.165, 1.54) is 0 Å². The first-order valence-corrected chi connectivity index (χ1v) is 6.91. The number of rotatable bonds is 4. The molecule has 5 heteroatoms. The Morgan fingerprint density at radius 3 is 2.62 bits per heavy atom. The molecule has 0 aliphatic rings. The largest absolute Gasteiger partial charge is 0.350 e. The minimum atomic E-state index is 0.589. The van der Waals surface area contributed by atoms with Gasteiger partial charge in [-0.1, -0.05) is 29.8 Å². The fourth-order valence-corrected chi connectivity index (χ4v) is 2.04. The van der Waals surface area contributed by atoms with Crippen molar-refractivity contribution in [3.63, 3.8) is 0 Å². The predicted octanol–water partition coefficient (Wildman–Crippen LogP) is 3.80. The summed E-state index contributed by atoms with van der Waals surface area (Å²) in [6.45, 7) is 0.637. The quantitative estimate of drug-likeness (QED) is 0.795. The lowest BCUT2D eigenvalue weighted by Gasteiger charge is -2.06. The SMILES string of the molecule is Clc1ccc(-c2ccnc(NCc3cccnc3)n2)cc1. The van der Waals surface area contributed by atoms with Crippen molar-refractivity contribution in [2.45, 2.75) is 6.54 Å². The molecular formula is C16H13ClN4. The molecule has 0 unspecified atom stereocenters. The molecular weight excluding hydrogens is 284 g/mol. The van der Waals surface area contributed by atoms with Gasteiger partial charge >= 0.3 is 0 Å². The number of anilines is 1. The Balaban J connectivity index is 1.75. The molecule has 4 nitrogen and oxygen atoms in total. The summed E-state index contributed by atoms with van der Waals surface area (Å²) in [7, 11) is 0. The predicted molar refractivity (Wildman–Crippen MR) is 84.0 cm³/mol. The van der Waals surface area contributed by atoms with Gasteiger partial charge in [-0.3, -0.25) is 4.98 Å². The number of nitrogens with zero attached hydrogens (tertiary/aromatic N) is 3. The second-order valence-electron chi connectivity index (χ2n) is 4.49. The van der Waals surface area contributed by atoms with Gasteiger partial charge in [0.05, 0.1) is 5.69 Å². The van der Waals surface area contributed by atoms with E-state index in [1.54, 1.807) is 12.4 Å². The summed E-state index contributed by atoms with van der Waals surface area (Å²) in [5.74, 6) is 0.589. The first-order chi connectivity index (χ1) is 10.3. The minimum Gasteiger partial charge on any atom is -0.350 e. The van der Waals surface area contributed by atoms with Gasteiger partial charge < -0.3 is 5.32 Å². The Hall–Kier alpha value is -2.46. The standard InChI is InChI=1S/C16H13ClN4/c17-14-5-3-13(4-6-14)15-7-9-19-16(21-15)20-11-12-2-1-8-18-10-12/h1-10H,11H2,(H,19,20,21). The van der Waals surface area contributed by atoms with Crippen molar-refractivity contribution < 1.29 is 0 Å². The van der Waals surface area contributed by atoms with Crippen LogP contribution in [-0.4, -0.2) is 15.0 Å². The third-order valence-electron chi connectivity index (χ3n) is 2.97. The van der Waals surface area contributed by atoms with Gasteiger partial charge in [0.2, 0.25) is 5.95 Å². The molecule has 0 bridgehead atoms. The third kappa shape index (κ3) is 3.55. The lowest BCUT2D eigenvalue weighted by Crippen LogP contribution is -2.04. The monoisotopic (exact) mass is 296 g/mol. The van der Waals surface area contributed by atoms with Gasteiger partial charge in [0, 0.05) is 35.7 Å².